The van der Waals surface area contributed by atoms with Crippen molar-refractivity contribution in [2.75, 3.05) is 0 Å². The van der Waals surface area contributed by atoms with Crippen LogP contribution in [0, 0.1) is 45.3 Å². The second kappa shape index (κ2) is 14.1. The molecule has 0 aromatic carbocycles. The van der Waals surface area contributed by atoms with Gasteiger partial charge in [0.15, 0.2) is 0 Å². The van der Waals surface area contributed by atoms with Crippen molar-refractivity contribution in [1.29, 1.82) is 21.0 Å². The van der Waals surface area contributed by atoms with Gasteiger partial charge in [-0.25, -0.2) is 0 Å². The van der Waals surface area contributed by atoms with E-state index in [1.807, 2.05) is 48.5 Å². The summed E-state index contributed by atoms with van der Waals surface area (Å²) in [5.74, 6) is 0. The summed E-state index contributed by atoms with van der Waals surface area (Å²) < 4.78 is 5.09. The summed E-state index contributed by atoms with van der Waals surface area (Å²) in [4.78, 5) is 6.29. The second-order valence-corrected chi connectivity index (χ2v) is 14.1. The van der Waals surface area contributed by atoms with Crippen LogP contribution in [-0.4, -0.2) is 4.57 Å². The largest absolute Gasteiger partial charge is 0.339 e. The fraction of sp³-hybridized carbons (Fsp3) is 0.176. The molecule has 0 aliphatic rings. The summed E-state index contributed by atoms with van der Waals surface area (Å²) in [6, 6.07) is 20.1. The van der Waals surface area contributed by atoms with Crippen molar-refractivity contribution in [3.63, 3.8) is 0 Å². The molecule has 0 radical (unpaired) electrons. The molecule has 9 heteroatoms. The highest BCUT2D eigenvalue weighted by molar-refractivity contribution is 7.28. The Bertz CT molecular complexity index is 1900. The average Bonchev–Trinajstić information content (AvgIpc) is 3.84. The Morgan fingerprint density at radius 3 is 1.49 bits per heavy atom. The van der Waals surface area contributed by atoms with Crippen LogP contribution in [0.1, 0.15) is 61.9 Å². The Morgan fingerprint density at radius 1 is 0.605 bits per heavy atom. The summed E-state index contributed by atoms with van der Waals surface area (Å²) in [6.07, 6.45) is 16.5. The molecule has 5 rings (SSSR count). The molecular weight excluding hydrogens is 607 g/mol. The van der Waals surface area contributed by atoms with Gasteiger partial charge in [-0.3, -0.25) is 0 Å². The molecule has 210 valence electrons. The molecule has 5 heterocycles. The highest BCUT2D eigenvalue weighted by atomic mass is 32.1. The summed E-state index contributed by atoms with van der Waals surface area (Å²) in [5, 5.41) is 36.1. The predicted octanol–water partition coefficient (Wildman–Crippen LogP) is 10.8. The maximum atomic E-state index is 9.03. The molecule has 0 saturated heterocycles. The predicted molar refractivity (Wildman–Crippen MR) is 184 cm³/mol. The minimum atomic E-state index is 0.106. The minimum absolute atomic E-state index is 0.106. The van der Waals surface area contributed by atoms with Crippen LogP contribution in [-0.2, 0) is 6.54 Å². The number of allylic oxidation sites excluding steroid dienone is 2. The zero-order chi connectivity index (χ0) is 30.2. The van der Waals surface area contributed by atoms with Crippen LogP contribution in [0.2, 0.25) is 0 Å². The number of unbranched alkanes of at least 4 members (excludes halogenated alkanes) is 3. The van der Waals surface area contributed by atoms with Crippen LogP contribution in [0.25, 0.3) is 56.9 Å². The van der Waals surface area contributed by atoms with Gasteiger partial charge in [0.1, 0.15) is 35.4 Å². The molecule has 0 amide bonds. The van der Waals surface area contributed by atoms with Crippen molar-refractivity contribution in [3.05, 3.63) is 76.8 Å². The number of thiophene rings is 4. The monoisotopic (exact) mass is 631 g/mol. The first-order valence-corrected chi connectivity index (χ1v) is 17.0. The Hall–Kier alpha value is -4.48. The van der Waals surface area contributed by atoms with Crippen molar-refractivity contribution < 1.29 is 0 Å². The molecule has 0 fully saturated rings. The van der Waals surface area contributed by atoms with E-state index in [0.717, 1.165) is 32.5 Å². The van der Waals surface area contributed by atoms with E-state index in [4.69, 9.17) is 21.0 Å². The van der Waals surface area contributed by atoms with Gasteiger partial charge >= 0.3 is 0 Å². The fourth-order valence-corrected chi connectivity index (χ4v) is 8.61. The molecule has 0 aliphatic carbocycles. The molecule has 0 aliphatic heterocycles. The van der Waals surface area contributed by atoms with Gasteiger partial charge in [0.2, 0.25) is 0 Å². The third-order valence-electron chi connectivity index (χ3n) is 6.66. The average molecular weight is 632 g/mol. The lowest BCUT2D eigenvalue weighted by Gasteiger charge is -2.05. The molecule has 0 bridgehead atoms. The van der Waals surface area contributed by atoms with Crippen LogP contribution in [0.4, 0.5) is 0 Å². The second-order valence-electron chi connectivity index (χ2n) is 9.65. The molecule has 43 heavy (non-hydrogen) atoms. The van der Waals surface area contributed by atoms with E-state index in [2.05, 4.69) is 47.9 Å². The Kier molecular flexibility index (Phi) is 9.85. The highest BCUT2D eigenvalue weighted by Gasteiger charge is 2.16. The number of rotatable bonds is 11. The van der Waals surface area contributed by atoms with E-state index in [9.17, 15) is 0 Å². The summed E-state index contributed by atoms with van der Waals surface area (Å²) >= 11 is 6.71. The first-order chi connectivity index (χ1) is 21.0. The van der Waals surface area contributed by atoms with Gasteiger partial charge in [-0.1, -0.05) is 26.2 Å². The maximum Gasteiger partial charge on any atom is 0.131 e. The summed E-state index contributed by atoms with van der Waals surface area (Å²) in [7, 11) is 0. The molecule has 5 aromatic rings. The molecule has 5 nitrogen and oxygen atoms in total. The van der Waals surface area contributed by atoms with Crippen molar-refractivity contribution in [1.82, 2.24) is 4.57 Å². The van der Waals surface area contributed by atoms with Crippen molar-refractivity contribution in [3.8, 4) is 24.3 Å². The maximum absolute atomic E-state index is 9.03. The Morgan fingerprint density at radius 2 is 1.05 bits per heavy atom. The van der Waals surface area contributed by atoms with E-state index in [1.54, 1.807) is 57.5 Å². The van der Waals surface area contributed by atoms with Gasteiger partial charge in [0.25, 0.3) is 0 Å². The SMILES string of the molecule is CCCCCCn1c2cc(/C=C/c3ccc(C=C(C#N)C#N)s3)sc2c2sc(/C=C/c3ccc(C=C(C#N)C#N)s3)cc21. The minimum Gasteiger partial charge on any atom is -0.339 e. The zero-order valence-electron chi connectivity index (χ0n) is 23.3. The van der Waals surface area contributed by atoms with Gasteiger partial charge < -0.3 is 4.57 Å². The van der Waals surface area contributed by atoms with E-state index in [1.165, 1.54) is 49.5 Å². The first-order valence-electron chi connectivity index (χ1n) is 13.7. The number of nitriles is 4. The number of aryl methyl sites for hydroxylation is 1. The molecule has 0 unspecified atom stereocenters. The zero-order valence-corrected chi connectivity index (χ0v) is 26.6. The van der Waals surface area contributed by atoms with Crippen LogP contribution in [0.15, 0.2) is 47.5 Å². The van der Waals surface area contributed by atoms with Gasteiger partial charge in [0.05, 0.1) is 20.4 Å². The van der Waals surface area contributed by atoms with Crippen molar-refractivity contribution in [2.24, 2.45) is 0 Å². The van der Waals surface area contributed by atoms with Gasteiger partial charge in [-0.05, 0) is 79.3 Å². The molecule has 0 atom stereocenters. The van der Waals surface area contributed by atoms with Crippen LogP contribution in [0.3, 0.4) is 0 Å². The number of hydrogen-bond donors (Lipinski definition) is 0. The van der Waals surface area contributed by atoms with Crippen molar-refractivity contribution >= 4 is 102 Å². The number of fused-ring (bicyclic) bond motifs is 3. The van der Waals surface area contributed by atoms with Crippen molar-refractivity contribution in [2.45, 2.75) is 39.2 Å². The molecule has 0 spiro atoms. The third kappa shape index (κ3) is 7.12. The topological polar surface area (TPSA) is 100 Å². The number of hydrogen-bond acceptors (Lipinski definition) is 8. The summed E-state index contributed by atoms with van der Waals surface area (Å²) in [5.41, 5.74) is 2.77. The lowest BCUT2D eigenvalue weighted by Crippen LogP contribution is -1.96. The fourth-order valence-electron chi connectivity index (χ4n) is 4.62. The van der Waals surface area contributed by atoms with Gasteiger partial charge in [0, 0.05) is 35.8 Å². The number of aromatic nitrogens is 1. The van der Waals surface area contributed by atoms with E-state index >= 15 is 0 Å². The van der Waals surface area contributed by atoms with Crippen LogP contribution < -0.4 is 0 Å². The van der Waals surface area contributed by atoms with E-state index in [0.29, 0.717) is 0 Å². The highest BCUT2D eigenvalue weighted by Crippen LogP contribution is 2.41. The van der Waals surface area contributed by atoms with Gasteiger partial charge in [-0.15, -0.1) is 45.3 Å². The normalized spacial score (nSPS) is 11.1. The molecule has 0 saturated carbocycles. The lowest BCUT2D eigenvalue weighted by molar-refractivity contribution is 0.602. The van der Waals surface area contributed by atoms with Gasteiger partial charge in [-0.2, -0.15) is 21.0 Å². The molecular formula is C34H25N5S4. The third-order valence-corrected chi connectivity index (χ3v) is 11.0. The van der Waals surface area contributed by atoms with Crippen LogP contribution >= 0.6 is 45.3 Å². The Labute approximate surface area is 266 Å². The smallest absolute Gasteiger partial charge is 0.131 e. The molecule has 0 N–H and O–H groups in total. The number of nitrogens with zero attached hydrogens (tertiary/aromatic N) is 5. The first kappa shape index (κ1) is 30.0. The summed E-state index contributed by atoms with van der Waals surface area (Å²) in [6.45, 7) is 3.22. The van der Waals surface area contributed by atoms with E-state index in [-0.39, 0.29) is 11.1 Å². The van der Waals surface area contributed by atoms with Crippen LogP contribution in [0.5, 0.6) is 0 Å². The molecule has 5 aromatic heterocycles. The standard InChI is InChI=1S/C34H25N5S4/c1-2-3-4-5-14-39-31-17-29(12-8-25-6-10-27(40-25)15-23(19-35)20-36)42-33(31)34-32(39)18-30(43-34)13-9-26-7-11-28(41-26)16-24(21-37)22-38/h6-13,15-18H,2-5,14H2,1H3/b12-8+,13-9+. The quantitative estimate of drug-likeness (QED) is 0.107. The van der Waals surface area contributed by atoms with E-state index < -0.39 is 0 Å². The Balaban J connectivity index is 1.43. The lowest BCUT2D eigenvalue weighted by atomic mass is 10.2.